The zero-order valence-corrected chi connectivity index (χ0v) is 32.7. The molecular weight excluding hydrogens is 727 g/mol. The van der Waals surface area contributed by atoms with Gasteiger partial charge in [-0.2, -0.15) is 0 Å². The van der Waals surface area contributed by atoms with Gasteiger partial charge in [-0.3, -0.25) is 0 Å². The summed E-state index contributed by atoms with van der Waals surface area (Å²) < 4.78 is 6.37. The van der Waals surface area contributed by atoms with Gasteiger partial charge in [-0.05, 0) is 114 Å². The average molecular weight is 764 g/mol. The fraction of sp³-hybridized carbons (Fsp3) is 0. The third-order valence-electron chi connectivity index (χ3n) is 12.3. The van der Waals surface area contributed by atoms with Gasteiger partial charge in [0.1, 0.15) is 11.2 Å². The van der Waals surface area contributed by atoms with Crippen LogP contribution in [0.5, 0.6) is 0 Å². The van der Waals surface area contributed by atoms with Crippen molar-refractivity contribution in [3.8, 4) is 33.4 Å². The van der Waals surface area contributed by atoms with E-state index in [9.17, 15) is 0 Å². The molecule has 0 N–H and O–H groups in total. The molecule has 2 nitrogen and oxygen atoms in total. The molecule has 0 aliphatic heterocycles. The first-order valence-corrected chi connectivity index (χ1v) is 20.6. The summed E-state index contributed by atoms with van der Waals surface area (Å²) in [5.41, 5.74) is 12.4. The van der Waals surface area contributed by atoms with Crippen molar-refractivity contribution in [2.75, 3.05) is 4.90 Å². The Balaban J connectivity index is 0.982. The number of fused-ring (bicyclic) bond motifs is 11. The maximum atomic E-state index is 6.37. The summed E-state index contributed by atoms with van der Waals surface area (Å²) >= 11 is 0. The number of benzene rings is 11. The number of para-hydroxylation sites is 1. The molecule has 12 aromatic rings. The van der Waals surface area contributed by atoms with Gasteiger partial charge in [-0.15, -0.1) is 0 Å². The minimum absolute atomic E-state index is 0.917. The van der Waals surface area contributed by atoms with Gasteiger partial charge in [0.25, 0.3) is 0 Å². The summed E-state index contributed by atoms with van der Waals surface area (Å²) in [6.45, 7) is 0. The van der Waals surface area contributed by atoms with Crippen LogP contribution in [0, 0.1) is 0 Å². The number of rotatable bonds is 6. The quantitative estimate of drug-likeness (QED) is 0.157. The lowest BCUT2D eigenvalue weighted by Crippen LogP contribution is -2.10. The summed E-state index contributed by atoms with van der Waals surface area (Å²) in [5, 5.41) is 12.2. The fourth-order valence-corrected chi connectivity index (χ4v) is 9.46. The van der Waals surface area contributed by atoms with Crippen molar-refractivity contribution >= 4 is 82.1 Å². The molecule has 0 radical (unpaired) electrons. The number of hydrogen-bond donors (Lipinski definition) is 0. The van der Waals surface area contributed by atoms with Crippen molar-refractivity contribution < 1.29 is 4.42 Å². The Labute approximate surface area is 347 Å². The number of hydrogen-bond acceptors (Lipinski definition) is 2. The van der Waals surface area contributed by atoms with Crippen LogP contribution in [-0.4, -0.2) is 0 Å². The van der Waals surface area contributed by atoms with E-state index in [1.807, 2.05) is 6.07 Å². The lowest BCUT2D eigenvalue weighted by molar-refractivity contribution is 0.669. The molecule has 0 aliphatic carbocycles. The molecule has 0 bridgehead atoms. The van der Waals surface area contributed by atoms with Crippen LogP contribution in [0.15, 0.2) is 229 Å². The van der Waals surface area contributed by atoms with Crippen LogP contribution < -0.4 is 4.90 Å². The van der Waals surface area contributed by atoms with Crippen LogP contribution in [-0.2, 0) is 0 Å². The molecule has 0 unspecified atom stereocenters. The van der Waals surface area contributed by atoms with E-state index in [1.165, 1.54) is 81.9 Å². The Morgan fingerprint density at radius 2 is 0.750 bits per heavy atom. The Morgan fingerprint density at radius 1 is 0.267 bits per heavy atom. The highest BCUT2D eigenvalue weighted by molar-refractivity contribution is 6.36. The van der Waals surface area contributed by atoms with E-state index in [4.69, 9.17) is 4.42 Å². The predicted octanol–water partition coefficient (Wildman–Crippen LogP) is 16.7. The number of nitrogens with zero attached hydrogens (tertiary/aromatic N) is 1. The van der Waals surface area contributed by atoms with Crippen LogP contribution in [0.25, 0.3) is 98.4 Å². The molecule has 0 spiro atoms. The summed E-state index contributed by atoms with van der Waals surface area (Å²) in [5.74, 6) is 0. The van der Waals surface area contributed by atoms with Crippen LogP contribution in [0.2, 0.25) is 0 Å². The lowest BCUT2D eigenvalue weighted by Gasteiger charge is -2.27. The van der Waals surface area contributed by atoms with Gasteiger partial charge >= 0.3 is 0 Å². The third kappa shape index (κ3) is 5.50. The number of furan rings is 1. The first kappa shape index (κ1) is 34.1. The molecule has 0 aliphatic rings. The second-order valence-corrected chi connectivity index (χ2v) is 15.6. The van der Waals surface area contributed by atoms with E-state index in [2.05, 4.69) is 223 Å². The van der Waals surface area contributed by atoms with E-state index in [0.717, 1.165) is 33.6 Å². The van der Waals surface area contributed by atoms with E-state index in [0.29, 0.717) is 0 Å². The van der Waals surface area contributed by atoms with Crippen LogP contribution in [0.3, 0.4) is 0 Å². The lowest BCUT2D eigenvalue weighted by atomic mass is 9.88. The van der Waals surface area contributed by atoms with Crippen LogP contribution in [0.4, 0.5) is 17.1 Å². The molecule has 0 saturated heterocycles. The van der Waals surface area contributed by atoms with Crippen LogP contribution in [0.1, 0.15) is 0 Å². The smallest absolute Gasteiger partial charge is 0.136 e. The molecule has 0 fully saturated rings. The van der Waals surface area contributed by atoms with Gasteiger partial charge in [0.05, 0.1) is 5.69 Å². The molecule has 1 heterocycles. The van der Waals surface area contributed by atoms with Crippen LogP contribution >= 0.6 is 0 Å². The Bertz CT molecular complexity index is 3530. The van der Waals surface area contributed by atoms with E-state index in [1.54, 1.807) is 0 Å². The highest BCUT2D eigenvalue weighted by Gasteiger charge is 2.20. The van der Waals surface area contributed by atoms with Crippen molar-refractivity contribution in [3.05, 3.63) is 224 Å². The second-order valence-electron chi connectivity index (χ2n) is 15.6. The van der Waals surface area contributed by atoms with Crippen molar-refractivity contribution in [3.63, 3.8) is 0 Å². The van der Waals surface area contributed by atoms with E-state index < -0.39 is 0 Å². The van der Waals surface area contributed by atoms with Gasteiger partial charge in [0.2, 0.25) is 0 Å². The normalized spacial score (nSPS) is 11.7. The highest BCUT2D eigenvalue weighted by atomic mass is 16.3. The summed E-state index contributed by atoms with van der Waals surface area (Å²) in [7, 11) is 0. The third-order valence-corrected chi connectivity index (χ3v) is 12.3. The Hall–Kier alpha value is -7.94. The molecule has 60 heavy (non-hydrogen) atoms. The molecule has 2 heteroatoms. The summed E-state index contributed by atoms with van der Waals surface area (Å²) in [4.78, 5) is 2.39. The molecule has 1 aromatic heterocycles. The Morgan fingerprint density at radius 3 is 1.45 bits per heavy atom. The topological polar surface area (TPSA) is 16.4 Å². The van der Waals surface area contributed by atoms with Crippen molar-refractivity contribution in [2.24, 2.45) is 0 Å². The first-order valence-electron chi connectivity index (χ1n) is 20.6. The van der Waals surface area contributed by atoms with Crippen molar-refractivity contribution in [1.82, 2.24) is 0 Å². The van der Waals surface area contributed by atoms with Crippen molar-refractivity contribution in [2.45, 2.75) is 0 Å². The monoisotopic (exact) mass is 763 g/mol. The minimum Gasteiger partial charge on any atom is -0.456 e. The van der Waals surface area contributed by atoms with E-state index >= 15 is 0 Å². The summed E-state index contributed by atoms with van der Waals surface area (Å²) in [6.07, 6.45) is 0. The zero-order chi connectivity index (χ0) is 39.6. The second kappa shape index (κ2) is 13.9. The molecule has 12 rings (SSSR count). The first-order chi connectivity index (χ1) is 29.8. The van der Waals surface area contributed by atoms with Crippen molar-refractivity contribution in [1.29, 1.82) is 0 Å². The Kier molecular flexibility index (Phi) is 7.89. The standard InChI is InChI=1S/C58H37NO/c1-2-12-38(13-3-1)39-24-26-40(27-25-39)41-28-32-44(33-29-41)59(53-22-10-15-42-14-4-5-16-46(42)53)45-34-30-43(31-35-45)47-20-11-21-49-51-36-37-55-58(52-19-8-9-23-54(52)60-55)57(51)50-18-7-6-17-48(50)56(47)49/h1-37H. The minimum atomic E-state index is 0.917. The van der Waals surface area contributed by atoms with Gasteiger partial charge in [0.15, 0.2) is 0 Å². The van der Waals surface area contributed by atoms with Gasteiger partial charge in [0, 0.05) is 32.9 Å². The molecule has 0 saturated carbocycles. The zero-order valence-electron chi connectivity index (χ0n) is 32.7. The maximum absolute atomic E-state index is 6.37. The SMILES string of the molecule is c1ccc(-c2ccc(-c3ccc(N(c4ccc(-c5cccc6c7ccc8oc9ccccc9c8c7c7ccccc7c56)cc4)c4cccc5ccccc45)cc3)cc2)cc1. The van der Waals surface area contributed by atoms with Gasteiger partial charge in [-0.25, -0.2) is 0 Å². The molecular formula is C58H37NO. The maximum Gasteiger partial charge on any atom is 0.136 e. The van der Waals surface area contributed by atoms with Gasteiger partial charge < -0.3 is 9.32 Å². The predicted molar refractivity (Wildman–Crippen MR) is 255 cm³/mol. The number of anilines is 3. The van der Waals surface area contributed by atoms with Gasteiger partial charge in [-0.1, -0.05) is 176 Å². The average Bonchev–Trinajstić information content (AvgIpc) is 3.71. The fourth-order valence-electron chi connectivity index (χ4n) is 9.46. The molecule has 0 amide bonds. The molecule has 11 aromatic carbocycles. The largest absolute Gasteiger partial charge is 0.456 e. The molecule has 280 valence electrons. The van der Waals surface area contributed by atoms with E-state index in [-0.39, 0.29) is 0 Å². The highest BCUT2D eigenvalue weighted by Crippen LogP contribution is 2.46. The summed E-state index contributed by atoms with van der Waals surface area (Å²) in [6, 6.07) is 81.1. The molecule has 0 atom stereocenters.